The van der Waals surface area contributed by atoms with Crippen molar-refractivity contribution < 1.29 is 50.9 Å². The number of hydrogen-bond acceptors (Lipinski definition) is 8. The lowest BCUT2D eigenvalue weighted by Gasteiger charge is -2.19. The first kappa shape index (κ1) is 30.9. The molecule has 4 heterocycles. The number of carboxylic acids is 2. The molecule has 212 valence electrons. The quantitative estimate of drug-likeness (QED) is 0.444. The highest BCUT2D eigenvalue weighted by molar-refractivity contribution is 5.73. The Morgan fingerprint density at radius 3 is 2.03 bits per heavy atom. The second-order valence-electron chi connectivity index (χ2n) is 7.63. The zero-order valence-electron chi connectivity index (χ0n) is 19.9. The summed E-state index contributed by atoms with van der Waals surface area (Å²) in [6, 6.07) is 9.75. The maximum atomic E-state index is 10.6. The van der Waals surface area contributed by atoms with Gasteiger partial charge in [0.15, 0.2) is 5.82 Å². The van der Waals surface area contributed by atoms with Crippen LogP contribution in [0, 0.1) is 0 Å². The van der Waals surface area contributed by atoms with E-state index < -0.39 is 24.3 Å². The van der Waals surface area contributed by atoms with E-state index in [9.17, 15) is 26.3 Å². The molecule has 17 heteroatoms. The van der Waals surface area contributed by atoms with Crippen LogP contribution in [0.1, 0.15) is 17.2 Å². The summed E-state index contributed by atoms with van der Waals surface area (Å²) >= 11 is 0. The molecular weight excluding hydrogens is 542 g/mol. The monoisotopic (exact) mass is 564 g/mol. The van der Waals surface area contributed by atoms with Gasteiger partial charge in [0.05, 0.1) is 0 Å². The van der Waals surface area contributed by atoms with Gasteiger partial charge >= 0.3 is 24.3 Å². The third kappa shape index (κ3) is 10.9. The summed E-state index contributed by atoms with van der Waals surface area (Å²) in [4.78, 5) is 28.5. The van der Waals surface area contributed by atoms with Gasteiger partial charge in [-0.1, -0.05) is 6.07 Å². The highest BCUT2D eigenvalue weighted by atomic mass is 19.4. The van der Waals surface area contributed by atoms with Crippen molar-refractivity contribution in [3.05, 3.63) is 66.1 Å². The summed E-state index contributed by atoms with van der Waals surface area (Å²) in [6.45, 7) is 4.12. The summed E-state index contributed by atoms with van der Waals surface area (Å²) < 4.78 is 71.4. The molecule has 1 aliphatic rings. The number of aromatic nitrogens is 5. The minimum Gasteiger partial charge on any atom is -0.475 e. The number of nitrogens with zero attached hydrogens (tertiary/aromatic N) is 6. The number of alkyl halides is 6. The molecule has 0 radical (unpaired) electrons. The second kappa shape index (κ2) is 14.0. The topological polar surface area (TPSA) is 144 Å². The van der Waals surface area contributed by atoms with E-state index >= 15 is 0 Å². The number of ether oxygens (including phenoxy) is 1. The van der Waals surface area contributed by atoms with Crippen LogP contribution in [0.3, 0.4) is 0 Å². The van der Waals surface area contributed by atoms with Crippen LogP contribution in [0.5, 0.6) is 5.88 Å². The van der Waals surface area contributed by atoms with Gasteiger partial charge in [-0.05, 0) is 23.8 Å². The van der Waals surface area contributed by atoms with Crippen LogP contribution >= 0.6 is 0 Å². The van der Waals surface area contributed by atoms with Crippen LogP contribution in [-0.4, -0.2) is 77.2 Å². The Balaban J connectivity index is 0.000000317. The van der Waals surface area contributed by atoms with E-state index in [4.69, 9.17) is 24.5 Å². The van der Waals surface area contributed by atoms with Gasteiger partial charge in [0.1, 0.15) is 12.4 Å². The smallest absolute Gasteiger partial charge is 0.475 e. The van der Waals surface area contributed by atoms with E-state index in [0.717, 1.165) is 44.2 Å². The molecule has 0 aliphatic carbocycles. The van der Waals surface area contributed by atoms with Gasteiger partial charge in [0.25, 0.3) is 0 Å². The minimum absolute atomic E-state index is 0.383. The van der Waals surface area contributed by atoms with Gasteiger partial charge in [-0.25, -0.2) is 14.6 Å². The Bertz CT molecular complexity index is 1170. The molecule has 2 N–H and O–H groups in total. The summed E-state index contributed by atoms with van der Waals surface area (Å²) in [5.41, 5.74) is 1.28. The number of carbonyl (C=O) groups is 2. The molecule has 0 saturated carbocycles. The first-order valence-corrected chi connectivity index (χ1v) is 10.9. The van der Waals surface area contributed by atoms with Crippen molar-refractivity contribution in [3.63, 3.8) is 0 Å². The SMILES string of the molecule is O=C(O)C(F)(F)F.O=C(O)C(F)(F)F.c1ccc(OCc2nnc3n2CCN(Cc2ccncc2)CC3)nc1. The lowest BCUT2D eigenvalue weighted by molar-refractivity contribution is -0.193. The molecule has 0 fully saturated rings. The molecule has 0 spiro atoms. The van der Waals surface area contributed by atoms with Gasteiger partial charge in [-0.3, -0.25) is 9.88 Å². The number of rotatable bonds is 5. The third-order valence-electron chi connectivity index (χ3n) is 4.82. The predicted octanol–water partition coefficient (Wildman–Crippen LogP) is 2.97. The maximum Gasteiger partial charge on any atom is 0.490 e. The second-order valence-corrected chi connectivity index (χ2v) is 7.63. The summed E-state index contributed by atoms with van der Waals surface area (Å²) in [5, 5.41) is 22.9. The van der Waals surface area contributed by atoms with Gasteiger partial charge in [-0.15, -0.1) is 10.2 Å². The third-order valence-corrected chi connectivity index (χ3v) is 4.82. The Hall–Kier alpha value is -4.28. The first-order chi connectivity index (χ1) is 18.3. The standard InChI is InChI=1S/C18H20N6O.2C2HF3O2/c1-2-7-20-18(3-1)25-14-17-22-21-16-6-10-23(11-12-24(16)17)13-15-4-8-19-9-5-15;2*3-2(4,5)1(6)7/h1-5,7-9H,6,10-14H2;2*(H,6,7). The molecule has 1 aliphatic heterocycles. The Morgan fingerprint density at radius 2 is 1.49 bits per heavy atom. The Morgan fingerprint density at radius 1 is 0.872 bits per heavy atom. The summed E-state index contributed by atoms with van der Waals surface area (Å²) in [7, 11) is 0. The van der Waals surface area contributed by atoms with E-state index in [1.165, 1.54) is 5.56 Å². The number of carboxylic acid groups (broad SMARTS) is 2. The van der Waals surface area contributed by atoms with Crippen molar-refractivity contribution in [3.8, 4) is 5.88 Å². The molecule has 0 unspecified atom stereocenters. The fourth-order valence-electron chi connectivity index (χ4n) is 3.01. The zero-order chi connectivity index (χ0) is 29.1. The number of pyridine rings is 2. The van der Waals surface area contributed by atoms with Crippen molar-refractivity contribution in [1.29, 1.82) is 0 Å². The van der Waals surface area contributed by atoms with Gasteiger partial charge in [-0.2, -0.15) is 26.3 Å². The van der Waals surface area contributed by atoms with E-state index in [1.807, 2.05) is 30.6 Å². The lowest BCUT2D eigenvalue weighted by Crippen LogP contribution is -2.26. The zero-order valence-corrected chi connectivity index (χ0v) is 19.9. The van der Waals surface area contributed by atoms with Crippen LogP contribution < -0.4 is 4.74 Å². The van der Waals surface area contributed by atoms with Crippen LogP contribution in [0.4, 0.5) is 26.3 Å². The highest BCUT2D eigenvalue weighted by Crippen LogP contribution is 2.15. The van der Waals surface area contributed by atoms with Crippen molar-refractivity contribution in [2.24, 2.45) is 0 Å². The number of fused-ring (bicyclic) bond motifs is 1. The molecule has 0 saturated heterocycles. The van der Waals surface area contributed by atoms with Gasteiger partial charge in [0.2, 0.25) is 5.88 Å². The average molecular weight is 564 g/mol. The molecule has 4 rings (SSSR count). The fourth-order valence-corrected chi connectivity index (χ4v) is 3.01. The van der Waals surface area contributed by atoms with E-state index in [0.29, 0.717) is 12.5 Å². The van der Waals surface area contributed by atoms with Crippen molar-refractivity contribution in [1.82, 2.24) is 29.6 Å². The fraction of sp³-hybridized carbons (Fsp3) is 0.364. The van der Waals surface area contributed by atoms with Crippen LogP contribution in [-0.2, 0) is 35.7 Å². The molecule has 0 atom stereocenters. The van der Waals surface area contributed by atoms with Crippen LogP contribution in [0.2, 0.25) is 0 Å². The largest absolute Gasteiger partial charge is 0.490 e. The predicted molar refractivity (Wildman–Crippen MR) is 119 cm³/mol. The first-order valence-electron chi connectivity index (χ1n) is 10.9. The van der Waals surface area contributed by atoms with Crippen molar-refractivity contribution in [2.45, 2.75) is 38.5 Å². The van der Waals surface area contributed by atoms with E-state index in [1.54, 1.807) is 6.20 Å². The van der Waals surface area contributed by atoms with E-state index in [-0.39, 0.29) is 0 Å². The Labute approximate surface area is 216 Å². The van der Waals surface area contributed by atoms with Gasteiger partial charge < -0.3 is 19.5 Å². The van der Waals surface area contributed by atoms with Gasteiger partial charge in [0, 0.05) is 57.3 Å². The van der Waals surface area contributed by atoms with Crippen molar-refractivity contribution in [2.75, 3.05) is 13.1 Å². The number of hydrogen-bond donors (Lipinski definition) is 2. The molecule has 0 bridgehead atoms. The molecule has 0 amide bonds. The number of halogens is 6. The molecule has 3 aromatic heterocycles. The van der Waals surface area contributed by atoms with Crippen LogP contribution in [0.15, 0.2) is 48.9 Å². The van der Waals surface area contributed by atoms with E-state index in [2.05, 4.69) is 41.8 Å². The maximum absolute atomic E-state index is 10.6. The minimum atomic E-state index is -5.08. The lowest BCUT2D eigenvalue weighted by atomic mass is 10.2. The van der Waals surface area contributed by atoms with Crippen molar-refractivity contribution >= 4 is 11.9 Å². The molecule has 39 heavy (non-hydrogen) atoms. The molecular formula is C22H22F6N6O5. The number of aliphatic carboxylic acids is 2. The molecule has 3 aromatic rings. The average Bonchev–Trinajstić information content (AvgIpc) is 3.15. The molecule has 0 aromatic carbocycles. The summed E-state index contributed by atoms with van der Waals surface area (Å²) in [5.74, 6) is -3.03. The Kier molecular flexibility index (Phi) is 11.1. The summed E-state index contributed by atoms with van der Waals surface area (Å²) in [6.07, 6.45) is -3.87. The normalized spacial score (nSPS) is 13.5. The van der Waals surface area contributed by atoms with Crippen LogP contribution in [0.25, 0.3) is 0 Å². The highest BCUT2D eigenvalue weighted by Gasteiger charge is 2.38. The molecule has 11 nitrogen and oxygen atoms in total.